The van der Waals surface area contributed by atoms with Crippen molar-refractivity contribution in [3.63, 3.8) is 0 Å². The summed E-state index contributed by atoms with van der Waals surface area (Å²) in [5, 5.41) is 2.62. The third-order valence-corrected chi connectivity index (χ3v) is 6.78. The molecule has 3 rings (SSSR count). The molecule has 0 saturated heterocycles. The van der Waals surface area contributed by atoms with E-state index in [1.807, 2.05) is 48.5 Å². The Hall–Kier alpha value is -2.29. The molecule has 1 atom stereocenters. The van der Waals surface area contributed by atoms with E-state index in [0.717, 1.165) is 39.4 Å². The molecule has 1 aliphatic carbocycles. The third-order valence-electron chi connectivity index (χ3n) is 5.94. The first kappa shape index (κ1) is 25.3. The van der Waals surface area contributed by atoms with E-state index >= 15 is 0 Å². The van der Waals surface area contributed by atoms with E-state index in [2.05, 4.69) is 27.9 Å². The minimum absolute atomic E-state index is 0.130. The van der Waals surface area contributed by atoms with Gasteiger partial charge < -0.3 is 19.5 Å². The molecule has 0 aromatic heterocycles. The Morgan fingerprint density at radius 3 is 2.52 bits per heavy atom. The maximum Gasteiger partial charge on any atom is 0.408 e. The summed E-state index contributed by atoms with van der Waals surface area (Å²) >= 11 is 2.25. The quantitative estimate of drug-likeness (QED) is 0.298. The van der Waals surface area contributed by atoms with E-state index in [9.17, 15) is 9.59 Å². The lowest BCUT2D eigenvalue weighted by molar-refractivity contribution is -0.143. The number of nitrogens with one attached hydrogen (secondary N) is 1. The van der Waals surface area contributed by atoms with Crippen molar-refractivity contribution in [3.05, 3.63) is 63.2 Å². The number of hydrogen-bond donors (Lipinski definition) is 1. The van der Waals surface area contributed by atoms with Crippen LogP contribution < -0.4 is 10.1 Å². The Balaban J connectivity index is 1.51. The molecule has 0 heterocycles. The van der Waals surface area contributed by atoms with Gasteiger partial charge in [0.05, 0.1) is 17.3 Å². The molecule has 0 bridgehead atoms. The largest absolute Gasteiger partial charge is 0.492 e. The van der Waals surface area contributed by atoms with Crippen LogP contribution in [0.2, 0.25) is 0 Å². The van der Waals surface area contributed by atoms with Crippen LogP contribution in [0.15, 0.2) is 48.5 Å². The van der Waals surface area contributed by atoms with Crippen molar-refractivity contribution >= 4 is 34.7 Å². The van der Waals surface area contributed by atoms with Gasteiger partial charge in [0.1, 0.15) is 18.4 Å². The Bertz CT molecular complexity index is 899. The van der Waals surface area contributed by atoms with Crippen molar-refractivity contribution in [3.8, 4) is 5.75 Å². The number of ether oxygens (including phenoxy) is 3. The third kappa shape index (κ3) is 8.53. The molecule has 6 nitrogen and oxygen atoms in total. The van der Waals surface area contributed by atoms with Crippen LogP contribution in [0.4, 0.5) is 4.79 Å². The second-order valence-electron chi connectivity index (χ2n) is 8.39. The molecule has 1 amide bonds. The highest BCUT2D eigenvalue weighted by Gasteiger charge is 2.23. The number of rotatable bonds is 10. The van der Waals surface area contributed by atoms with E-state index in [4.69, 9.17) is 14.2 Å². The van der Waals surface area contributed by atoms with Crippen LogP contribution in [0.3, 0.4) is 0 Å². The van der Waals surface area contributed by atoms with Crippen molar-refractivity contribution < 1.29 is 23.8 Å². The first-order valence-electron chi connectivity index (χ1n) is 11.5. The summed E-state index contributed by atoms with van der Waals surface area (Å²) in [4.78, 5) is 24.5. The van der Waals surface area contributed by atoms with Crippen LogP contribution in [0.1, 0.15) is 49.7 Å². The van der Waals surface area contributed by atoms with Crippen molar-refractivity contribution in [1.82, 2.24) is 5.32 Å². The fraction of sp³-hybridized carbons (Fsp3) is 0.462. The summed E-state index contributed by atoms with van der Waals surface area (Å²) in [5.41, 5.74) is 1.77. The maximum absolute atomic E-state index is 12.3. The van der Waals surface area contributed by atoms with Crippen molar-refractivity contribution in [2.75, 3.05) is 13.7 Å². The molecule has 1 fully saturated rings. The molecule has 0 unspecified atom stereocenters. The van der Waals surface area contributed by atoms with Gasteiger partial charge >= 0.3 is 12.1 Å². The maximum atomic E-state index is 12.3. The van der Waals surface area contributed by atoms with E-state index < -0.39 is 18.1 Å². The Kier molecular flexibility index (Phi) is 10.3. The van der Waals surface area contributed by atoms with E-state index in [-0.39, 0.29) is 6.61 Å². The highest BCUT2D eigenvalue weighted by atomic mass is 127. The fourth-order valence-electron chi connectivity index (χ4n) is 4.08. The number of hydrogen-bond acceptors (Lipinski definition) is 5. The summed E-state index contributed by atoms with van der Waals surface area (Å²) in [5.74, 6) is 1.11. The van der Waals surface area contributed by atoms with Gasteiger partial charge in [0.25, 0.3) is 0 Å². The molecule has 2 aromatic rings. The number of halogens is 1. The summed E-state index contributed by atoms with van der Waals surface area (Å²) in [7, 11) is 1.30. The van der Waals surface area contributed by atoms with Crippen LogP contribution in [-0.4, -0.2) is 31.8 Å². The Labute approximate surface area is 209 Å². The molecule has 178 valence electrons. The second kappa shape index (κ2) is 13.4. The van der Waals surface area contributed by atoms with Crippen LogP contribution in [0, 0.1) is 9.49 Å². The first-order chi connectivity index (χ1) is 16.0. The predicted molar refractivity (Wildman–Crippen MR) is 135 cm³/mol. The number of benzene rings is 2. The molecule has 1 N–H and O–H groups in total. The standard InChI is InChI=1S/C26H32INO5/c1-31-25(29)23(28-26(30)33-18-20-10-6-3-7-11-20)17-21-12-13-24(22(27)16-21)32-15-14-19-8-4-2-5-9-19/h3,6-7,10-13,16,19,23H,2,4-5,8-9,14-15,17-18H2,1H3,(H,28,30)/t23-/m0/s1. The number of esters is 1. The van der Waals surface area contributed by atoms with E-state index in [0.29, 0.717) is 6.42 Å². The zero-order valence-corrected chi connectivity index (χ0v) is 21.2. The van der Waals surface area contributed by atoms with E-state index in [1.54, 1.807) is 0 Å². The zero-order chi connectivity index (χ0) is 23.5. The van der Waals surface area contributed by atoms with Gasteiger partial charge in [-0.3, -0.25) is 0 Å². The number of alkyl carbamates (subject to hydrolysis) is 1. The SMILES string of the molecule is COC(=O)[C@H](Cc1ccc(OCCC2CCCCC2)c(I)c1)NC(=O)OCc1ccccc1. The second-order valence-corrected chi connectivity index (χ2v) is 9.55. The van der Waals surface area contributed by atoms with Crippen LogP contribution >= 0.6 is 22.6 Å². The summed E-state index contributed by atoms with van der Waals surface area (Å²) in [6.07, 6.45) is 7.40. The van der Waals surface area contributed by atoms with Gasteiger partial charge in [0.15, 0.2) is 0 Å². The van der Waals surface area contributed by atoms with Crippen molar-refractivity contribution in [2.45, 2.75) is 57.6 Å². The van der Waals surface area contributed by atoms with Gasteiger partial charge in [-0.15, -0.1) is 0 Å². The minimum Gasteiger partial charge on any atom is -0.492 e. The van der Waals surface area contributed by atoms with Crippen LogP contribution in [-0.2, 0) is 27.3 Å². The van der Waals surface area contributed by atoms with Gasteiger partial charge in [-0.1, -0.05) is 68.5 Å². The Morgan fingerprint density at radius 1 is 1.06 bits per heavy atom. The summed E-state index contributed by atoms with van der Waals surface area (Å²) < 4.78 is 17.1. The molecule has 7 heteroatoms. The minimum atomic E-state index is -0.841. The van der Waals surface area contributed by atoms with Gasteiger partial charge in [-0.2, -0.15) is 0 Å². The summed E-state index contributed by atoms with van der Waals surface area (Å²) in [6, 6.07) is 14.4. The van der Waals surface area contributed by atoms with Gasteiger partial charge in [-0.05, 0) is 58.2 Å². The van der Waals surface area contributed by atoms with Crippen molar-refractivity contribution in [1.29, 1.82) is 0 Å². The molecule has 0 aliphatic heterocycles. The lowest BCUT2D eigenvalue weighted by Crippen LogP contribution is -2.43. The Morgan fingerprint density at radius 2 is 1.82 bits per heavy atom. The topological polar surface area (TPSA) is 73.9 Å². The molecule has 0 spiro atoms. The smallest absolute Gasteiger partial charge is 0.408 e. The molecule has 0 radical (unpaired) electrons. The molecular weight excluding hydrogens is 533 g/mol. The molecule has 1 aliphatic rings. The highest BCUT2D eigenvalue weighted by Crippen LogP contribution is 2.28. The molecule has 1 saturated carbocycles. The van der Waals surface area contributed by atoms with Crippen molar-refractivity contribution in [2.24, 2.45) is 5.92 Å². The number of methoxy groups -OCH3 is 1. The monoisotopic (exact) mass is 565 g/mol. The molecule has 33 heavy (non-hydrogen) atoms. The lowest BCUT2D eigenvalue weighted by Gasteiger charge is -2.21. The molecular formula is C26H32INO5. The van der Waals surface area contributed by atoms with Gasteiger partial charge in [-0.25, -0.2) is 9.59 Å². The zero-order valence-electron chi connectivity index (χ0n) is 19.1. The molecule has 2 aromatic carbocycles. The van der Waals surface area contributed by atoms with Gasteiger partial charge in [0, 0.05) is 6.42 Å². The van der Waals surface area contributed by atoms with Gasteiger partial charge in [0.2, 0.25) is 0 Å². The fourth-order valence-corrected chi connectivity index (χ4v) is 4.81. The highest BCUT2D eigenvalue weighted by molar-refractivity contribution is 14.1. The van der Waals surface area contributed by atoms with Crippen LogP contribution in [0.5, 0.6) is 5.75 Å². The van der Waals surface area contributed by atoms with E-state index in [1.165, 1.54) is 39.2 Å². The normalized spacial score (nSPS) is 14.8. The number of amides is 1. The number of carbonyl (C=O) groups excluding carboxylic acids is 2. The van der Waals surface area contributed by atoms with Crippen LogP contribution in [0.25, 0.3) is 0 Å². The lowest BCUT2D eigenvalue weighted by atomic mass is 9.87. The average Bonchev–Trinajstić information content (AvgIpc) is 2.84. The predicted octanol–water partition coefficient (Wildman–Crippen LogP) is 5.65. The first-order valence-corrected chi connectivity index (χ1v) is 12.6. The summed E-state index contributed by atoms with van der Waals surface area (Å²) in [6.45, 7) is 0.852. The average molecular weight is 565 g/mol. The number of carbonyl (C=O) groups is 2.